The number of para-hydroxylation sites is 1. The van der Waals surface area contributed by atoms with Gasteiger partial charge in [0.15, 0.2) is 0 Å². The third-order valence-corrected chi connectivity index (χ3v) is 5.82. The summed E-state index contributed by atoms with van der Waals surface area (Å²) in [7, 11) is 0. The molecule has 2 heterocycles. The average Bonchev–Trinajstić information content (AvgIpc) is 3.01. The number of amides is 2. The van der Waals surface area contributed by atoms with Crippen molar-refractivity contribution in [3.63, 3.8) is 0 Å². The highest BCUT2D eigenvalue weighted by atomic mass is 16.5. The van der Waals surface area contributed by atoms with Crippen LogP contribution in [0.2, 0.25) is 0 Å². The fourth-order valence-electron chi connectivity index (χ4n) is 4.14. The first-order valence-corrected chi connectivity index (χ1v) is 11.0. The van der Waals surface area contributed by atoms with Gasteiger partial charge in [-0.2, -0.15) is 0 Å². The Bertz CT molecular complexity index is 1010. The lowest BCUT2D eigenvalue weighted by molar-refractivity contribution is -0.133. The maximum absolute atomic E-state index is 13.4. The molecule has 2 amide bonds. The molecule has 0 bridgehead atoms. The van der Waals surface area contributed by atoms with Gasteiger partial charge in [0, 0.05) is 36.6 Å². The van der Waals surface area contributed by atoms with E-state index >= 15 is 0 Å². The number of likely N-dealkylation sites (tertiary alicyclic amines) is 1. The summed E-state index contributed by atoms with van der Waals surface area (Å²) in [5.74, 6) is -0.0381. The number of rotatable bonds is 6. The Labute approximate surface area is 182 Å². The summed E-state index contributed by atoms with van der Waals surface area (Å²) in [5.41, 5.74) is 2.93. The SMILES string of the molecule is O=C(NC(Cc1c[nH]c2ccccc12)C(=O)N1CCCCCC1)OCc1ccccc1. The molecule has 6 nitrogen and oxygen atoms in total. The predicted molar refractivity (Wildman–Crippen MR) is 121 cm³/mol. The summed E-state index contributed by atoms with van der Waals surface area (Å²) in [6, 6.07) is 16.8. The van der Waals surface area contributed by atoms with Crippen LogP contribution in [0.3, 0.4) is 0 Å². The van der Waals surface area contributed by atoms with E-state index in [0.717, 1.165) is 60.8 Å². The van der Waals surface area contributed by atoms with Crippen molar-refractivity contribution in [3.8, 4) is 0 Å². The van der Waals surface area contributed by atoms with Crippen LogP contribution in [0.5, 0.6) is 0 Å². The van der Waals surface area contributed by atoms with Crippen LogP contribution in [0.1, 0.15) is 36.8 Å². The second-order valence-corrected chi connectivity index (χ2v) is 8.06. The molecule has 0 radical (unpaired) electrons. The number of benzene rings is 2. The number of fused-ring (bicyclic) bond motifs is 1. The van der Waals surface area contributed by atoms with Crippen LogP contribution >= 0.6 is 0 Å². The Kier molecular flexibility index (Phi) is 6.87. The minimum absolute atomic E-state index is 0.0381. The van der Waals surface area contributed by atoms with E-state index in [2.05, 4.69) is 10.3 Å². The Morgan fingerprint density at radius 3 is 2.45 bits per heavy atom. The number of H-pyrrole nitrogens is 1. The Hall–Kier alpha value is -3.28. The first kappa shape index (κ1) is 21.0. The van der Waals surface area contributed by atoms with E-state index in [0.29, 0.717) is 6.42 Å². The molecule has 4 rings (SSSR count). The number of ether oxygens (including phenoxy) is 1. The zero-order valence-electron chi connectivity index (χ0n) is 17.7. The van der Waals surface area contributed by atoms with E-state index < -0.39 is 12.1 Å². The van der Waals surface area contributed by atoms with Crippen molar-refractivity contribution in [1.82, 2.24) is 15.2 Å². The van der Waals surface area contributed by atoms with E-state index in [4.69, 9.17) is 4.74 Å². The molecular formula is C25H29N3O3. The minimum Gasteiger partial charge on any atom is -0.445 e. The molecular weight excluding hydrogens is 390 g/mol. The first-order valence-electron chi connectivity index (χ1n) is 11.0. The van der Waals surface area contributed by atoms with Crippen LogP contribution in [-0.4, -0.2) is 41.0 Å². The van der Waals surface area contributed by atoms with Crippen LogP contribution in [0.15, 0.2) is 60.8 Å². The topological polar surface area (TPSA) is 74.4 Å². The van der Waals surface area contributed by atoms with Crippen LogP contribution in [0.25, 0.3) is 10.9 Å². The molecule has 0 spiro atoms. The summed E-state index contributed by atoms with van der Waals surface area (Å²) in [4.78, 5) is 31.1. The lowest BCUT2D eigenvalue weighted by Gasteiger charge is -2.26. The number of nitrogens with one attached hydrogen (secondary N) is 2. The van der Waals surface area contributed by atoms with E-state index in [1.165, 1.54) is 0 Å². The Morgan fingerprint density at radius 1 is 0.968 bits per heavy atom. The third-order valence-electron chi connectivity index (χ3n) is 5.82. The standard InChI is InChI=1S/C25H29N3O3/c29-24(28-14-8-1-2-9-15-28)23(16-20-17-26-22-13-7-6-12-21(20)22)27-25(30)31-18-19-10-4-3-5-11-19/h3-7,10-13,17,23,26H,1-2,8-9,14-16,18H2,(H,27,30). The first-order chi connectivity index (χ1) is 15.2. The fraction of sp³-hybridized carbons (Fsp3) is 0.360. The molecule has 1 atom stereocenters. The van der Waals surface area contributed by atoms with E-state index in [-0.39, 0.29) is 12.5 Å². The molecule has 3 aromatic rings. The van der Waals surface area contributed by atoms with Crippen LogP contribution < -0.4 is 5.32 Å². The molecule has 1 unspecified atom stereocenters. The zero-order valence-corrected chi connectivity index (χ0v) is 17.7. The molecule has 162 valence electrons. The summed E-state index contributed by atoms with van der Waals surface area (Å²) in [6.45, 7) is 1.65. The Morgan fingerprint density at radius 2 is 1.68 bits per heavy atom. The van der Waals surface area contributed by atoms with Crippen molar-refractivity contribution in [2.75, 3.05) is 13.1 Å². The molecule has 1 saturated heterocycles. The number of aromatic nitrogens is 1. The van der Waals surface area contributed by atoms with E-state index in [1.807, 2.05) is 65.7 Å². The fourth-order valence-corrected chi connectivity index (χ4v) is 4.14. The smallest absolute Gasteiger partial charge is 0.408 e. The van der Waals surface area contributed by atoms with Gasteiger partial charge in [0.05, 0.1) is 0 Å². The minimum atomic E-state index is -0.666. The highest BCUT2D eigenvalue weighted by Gasteiger charge is 2.28. The Balaban J connectivity index is 1.48. The number of aromatic amines is 1. The molecule has 2 N–H and O–H groups in total. The molecule has 1 aromatic heterocycles. The monoisotopic (exact) mass is 419 g/mol. The number of nitrogens with zero attached hydrogens (tertiary/aromatic N) is 1. The summed E-state index contributed by atoms with van der Waals surface area (Å²) in [6.07, 6.45) is 6.06. The summed E-state index contributed by atoms with van der Waals surface area (Å²) in [5, 5.41) is 3.91. The summed E-state index contributed by atoms with van der Waals surface area (Å²) >= 11 is 0. The molecule has 2 aromatic carbocycles. The van der Waals surface area contributed by atoms with Gasteiger partial charge in [-0.05, 0) is 30.0 Å². The quantitative estimate of drug-likeness (QED) is 0.622. The van der Waals surface area contributed by atoms with Crippen LogP contribution in [0, 0.1) is 0 Å². The number of alkyl carbamates (subject to hydrolysis) is 1. The number of carbonyl (C=O) groups excluding carboxylic acids is 2. The second-order valence-electron chi connectivity index (χ2n) is 8.06. The van der Waals surface area contributed by atoms with Crippen LogP contribution in [0.4, 0.5) is 4.79 Å². The molecule has 0 aliphatic carbocycles. The molecule has 6 heteroatoms. The van der Waals surface area contributed by atoms with Crippen molar-refractivity contribution < 1.29 is 14.3 Å². The van der Waals surface area contributed by atoms with Gasteiger partial charge in [-0.15, -0.1) is 0 Å². The normalized spacial score (nSPS) is 15.3. The van der Waals surface area contributed by atoms with E-state index in [9.17, 15) is 9.59 Å². The van der Waals surface area contributed by atoms with Gasteiger partial charge in [-0.25, -0.2) is 4.79 Å². The molecule has 1 aliphatic heterocycles. The molecule has 0 saturated carbocycles. The number of carbonyl (C=O) groups is 2. The van der Waals surface area contributed by atoms with Crippen molar-refractivity contribution in [3.05, 3.63) is 71.9 Å². The lowest BCUT2D eigenvalue weighted by Crippen LogP contribution is -2.50. The highest BCUT2D eigenvalue weighted by Crippen LogP contribution is 2.20. The largest absolute Gasteiger partial charge is 0.445 e. The van der Waals surface area contributed by atoms with Gasteiger partial charge in [-0.1, -0.05) is 61.4 Å². The van der Waals surface area contributed by atoms with Crippen molar-refractivity contribution in [2.24, 2.45) is 0 Å². The average molecular weight is 420 g/mol. The maximum atomic E-state index is 13.4. The van der Waals surface area contributed by atoms with Gasteiger partial charge in [-0.3, -0.25) is 4.79 Å². The zero-order chi connectivity index (χ0) is 21.5. The second kappa shape index (κ2) is 10.2. The number of hydrogen-bond acceptors (Lipinski definition) is 3. The molecule has 1 fully saturated rings. The third kappa shape index (κ3) is 5.45. The van der Waals surface area contributed by atoms with Crippen LogP contribution in [-0.2, 0) is 22.6 Å². The van der Waals surface area contributed by atoms with Gasteiger partial charge >= 0.3 is 6.09 Å². The number of hydrogen-bond donors (Lipinski definition) is 2. The van der Waals surface area contributed by atoms with Crippen molar-refractivity contribution >= 4 is 22.9 Å². The highest BCUT2D eigenvalue weighted by molar-refractivity contribution is 5.88. The molecule has 31 heavy (non-hydrogen) atoms. The van der Waals surface area contributed by atoms with Crippen molar-refractivity contribution in [2.45, 2.75) is 44.8 Å². The van der Waals surface area contributed by atoms with Gasteiger partial charge in [0.1, 0.15) is 12.6 Å². The van der Waals surface area contributed by atoms with Gasteiger partial charge in [0.2, 0.25) is 5.91 Å². The lowest BCUT2D eigenvalue weighted by atomic mass is 10.0. The van der Waals surface area contributed by atoms with E-state index in [1.54, 1.807) is 0 Å². The van der Waals surface area contributed by atoms with Gasteiger partial charge in [0.25, 0.3) is 0 Å². The van der Waals surface area contributed by atoms with Gasteiger partial charge < -0.3 is 19.9 Å². The summed E-state index contributed by atoms with van der Waals surface area (Å²) < 4.78 is 5.40. The predicted octanol–water partition coefficient (Wildman–Crippen LogP) is 4.41. The van der Waals surface area contributed by atoms with Crippen molar-refractivity contribution in [1.29, 1.82) is 0 Å². The molecule has 1 aliphatic rings. The maximum Gasteiger partial charge on any atom is 0.408 e.